The standard InChI is InChI=1S/C12H27N.2ClH.H3N/c1-4-7-10-13(11-8-5-2)12-9-6-3;;;/h4-12H2,1-3H3;2*1H;1H3. The average molecular weight is 275 g/mol. The number of hydrogen-bond acceptors (Lipinski definition) is 0. The molecule has 0 saturated carbocycles. The maximum Gasteiger partial charge on any atom is 0.0770 e. The van der Waals surface area contributed by atoms with Gasteiger partial charge in [0.25, 0.3) is 0 Å². The highest BCUT2D eigenvalue weighted by atomic mass is 35.5. The number of quaternary nitrogens is 2. The molecule has 16 heavy (non-hydrogen) atoms. The molecule has 0 aliphatic carbocycles. The summed E-state index contributed by atoms with van der Waals surface area (Å²) in [5, 5.41) is 0. The summed E-state index contributed by atoms with van der Waals surface area (Å²) >= 11 is 0. The SMILES string of the molecule is CCCC[NH+](CCCC)CCCC.[Cl-].[Cl-].[NH4+]. The Balaban J connectivity index is -0.000000240. The minimum Gasteiger partial charge on any atom is -1.00 e. The largest absolute Gasteiger partial charge is 1.00 e. The molecule has 0 bridgehead atoms. The van der Waals surface area contributed by atoms with Crippen molar-refractivity contribution in [2.75, 3.05) is 19.6 Å². The molecule has 0 aromatic carbocycles. The van der Waals surface area contributed by atoms with Crippen LogP contribution in [0.5, 0.6) is 0 Å². The lowest BCUT2D eigenvalue weighted by molar-refractivity contribution is -0.900. The number of nitrogens with one attached hydrogen (secondary N) is 1. The van der Waals surface area contributed by atoms with E-state index in [0.29, 0.717) is 0 Å². The van der Waals surface area contributed by atoms with E-state index >= 15 is 0 Å². The van der Waals surface area contributed by atoms with Crippen LogP contribution >= 0.6 is 0 Å². The third-order valence-electron chi connectivity index (χ3n) is 2.65. The fourth-order valence-electron chi connectivity index (χ4n) is 1.66. The zero-order valence-corrected chi connectivity index (χ0v) is 13.1. The predicted molar refractivity (Wildman–Crippen MR) is 66.3 cm³/mol. The molecule has 0 unspecified atom stereocenters. The van der Waals surface area contributed by atoms with E-state index in [-0.39, 0.29) is 31.0 Å². The van der Waals surface area contributed by atoms with Gasteiger partial charge in [0.1, 0.15) is 0 Å². The van der Waals surface area contributed by atoms with E-state index in [1.165, 1.54) is 58.2 Å². The third kappa shape index (κ3) is 16.9. The van der Waals surface area contributed by atoms with Crippen LogP contribution in [-0.4, -0.2) is 19.6 Å². The van der Waals surface area contributed by atoms with Gasteiger partial charge in [0.05, 0.1) is 19.6 Å². The molecule has 0 spiro atoms. The second-order valence-corrected chi connectivity index (χ2v) is 4.06. The van der Waals surface area contributed by atoms with E-state index < -0.39 is 0 Å². The van der Waals surface area contributed by atoms with Crippen molar-refractivity contribution in [1.29, 1.82) is 0 Å². The van der Waals surface area contributed by atoms with Crippen LogP contribution in [0.4, 0.5) is 0 Å². The van der Waals surface area contributed by atoms with Crippen LogP contribution < -0.4 is 35.9 Å². The summed E-state index contributed by atoms with van der Waals surface area (Å²) in [6.45, 7) is 11.1. The maximum atomic E-state index is 2.29. The van der Waals surface area contributed by atoms with Gasteiger partial charge in [-0.15, -0.1) is 0 Å². The van der Waals surface area contributed by atoms with Crippen molar-refractivity contribution in [3.63, 3.8) is 0 Å². The van der Waals surface area contributed by atoms with Gasteiger partial charge in [0, 0.05) is 0 Å². The highest BCUT2D eigenvalue weighted by Crippen LogP contribution is 1.85. The first kappa shape index (κ1) is 25.4. The van der Waals surface area contributed by atoms with Crippen molar-refractivity contribution in [3.05, 3.63) is 0 Å². The Morgan fingerprint density at radius 1 is 0.625 bits per heavy atom. The zero-order valence-electron chi connectivity index (χ0n) is 11.6. The topological polar surface area (TPSA) is 40.9 Å². The van der Waals surface area contributed by atoms with Gasteiger partial charge in [-0.1, -0.05) is 40.0 Å². The summed E-state index contributed by atoms with van der Waals surface area (Å²) in [4.78, 5) is 1.84. The maximum absolute atomic E-state index is 2.29. The molecule has 0 amide bonds. The number of halogens is 2. The van der Waals surface area contributed by atoms with E-state index in [1.54, 1.807) is 0 Å². The molecule has 0 aromatic heterocycles. The summed E-state index contributed by atoms with van der Waals surface area (Å²) in [6, 6.07) is 0. The van der Waals surface area contributed by atoms with Gasteiger partial charge in [-0.2, -0.15) is 0 Å². The lowest BCUT2D eigenvalue weighted by atomic mass is 10.2. The molecule has 0 saturated heterocycles. The molecule has 0 aliphatic heterocycles. The molecule has 4 heteroatoms. The van der Waals surface area contributed by atoms with Crippen LogP contribution in [0.2, 0.25) is 0 Å². The van der Waals surface area contributed by atoms with Crippen molar-refractivity contribution in [3.8, 4) is 0 Å². The molecule has 0 aromatic rings. The van der Waals surface area contributed by atoms with Gasteiger partial charge >= 0.3 is 0 Å². The molecule has 0 fully saturated rings. The first-order chi connectivity index (χ1) is 6.35. The highest BCUT2D eigenvalue weighted by molar-refractivity contribution is 4.37. The van der Waals surface area contributed by atoms with Gasteiger partial charge in [-0.3, -0.25) is 0 Å². The van der Waals surface area contributed by atoms with E-state index in [0.717, 1.165) is 0 Å². The summed E-state index contributed by atoms with van der Waals surface area (Å²) in [7, 11) is 0. The quantitative estimate of drug-likeness (QED) is 0.442. The van der Waals surface area contributed by atoms with Crippen LogP contribution in [0.15, 0.2) is 0 Å². The third-order valence-corrected chi connectivity index (χ3v) is 2.65. The lowest BCUT2D eigenvalue weighted by Crippen LogP contribution is -3.12. The van der Waals surface area contributed by atoms with Crippen LogP contribution in [0.1, 0.15) is 59.3 Å². The molecule has 104 valence electrons. The molecule has 5 N–H and O–H groups in total. The van der Waals surface area contributed by atoms with Gasteiger partial charge in [0.15, 0.2) is 0 Å². The highest BCUT2D eigenvalue weighted by Gasteiger charge is 2.05. The van der Waals surface area contributed by atoms with Gasteiger partial charge in [0.2, 0.25) is 0 Å². The number of rotatable bonds is 9. The molecule has 0 aliphatic rings. The first-order valence-corrected chi connectivity index (χ1v) is 6.18. The Bertz CT molecular complexity index is 84.0. The molecular weight excluding hydrogens is 243 g/mol. The van der Waals surface area contributed by atoms with E-state index in [4.69, 9.17) is 0 Å². The molecule has 0 rings (SSSR count). The van der Waals surface area contributed by atoms with Crippen molar-refractivity contribution in [1.82, 2.24) is 6.15 Å². The van der Waals surface area contributed by atoms with Crippen LogP contribution in [0.3, 0.4) is 0 Å². The normalized spacial score (nSPS) is 9.00. The van der Waals surface area contributed by atoms with Crippen LogP contribution in [-0.2, 0) is 0 Å². The summed E-state index contributed by atoms with van der Waals surface area (Å²) in [5.74, 6) is 0. The van der Waals surface area contributed by atoms with Crippen molar-refractivity contribution >= 4 is 0 Å². The fourth-order valence-corrected chi connectivity index (χ4v) is 1.66. The monoisotopic (exact) mass is 274 g/mol. The van der Waals surface area contributed by atoms with Crippen molar-refractivity contribution < 1.29 is 29.7 Å². The molecule has 2 nitrogen and oxygen atoms in total. The van der Waals surface area contributed by atoms with Gasteiger partial charge in [-0.25, -0.2) is 0 Å². The van der Waals surface area contributed by atoms with Crippen LogP contribution in [0, 0.1) is 0 Å². The Labute approximate surface area is 115 Å². The van der Waals surface area contributed by atoms with E-state index in [9.17, 15) is 0 Å². The molecule has 0 atom stereocenters. The first-order valence-electron chi connectivity index (χ1n) is 6.18. The van der Waals surface area contributed by atoms with Gasteiger partial charge < -0.3 is 35.9 Å². The predicted octanol–water partition coefficient (Wildman–Crippen LogP) is -3.34. The molecular formula is C12H32Cl2N2. The fraction of sp³-hybridized carbons (Fsp3) is 1.00. The molecule has 0 radical (unpaired) electrons. The zero-order chi connectivity index (χ0) is 9.94. The second kappa shape index (κ2) is 20.9. The Hall–Kier alpha value is 0.500. The number of unbranched alkanes of at least 4 members (excludes halogenated alkanes) is 3. The minimum absolute atomic E-state index is 0. The summed E-state index contributed by atoms with van der Waals surface area (Å²) < 4.78 is 0. The second-order valence-electron chi connectivity index (χ2n) is 4.06. The lowest BCUT2D eigenvalue weighted by Gasteiger charge is -2.18. The van der Waals surface area contributed by atoms with E-state index in [2.05, 4.69) is 20.8 Å². The van der Waals surface area contributed by atoms with Crippen molar-refractivity contribution in [2.24, 2.45) is 0 Å². The molecule has 0 heterocycles. The van der Waals surface area contributed by atoms with E-state index in [1.807, 2.05) is 4.90 Å². The van der Waals surface area contributed by atoms with Crippen molar-refractivity contribution in [2.45, 2.75) is 59.3 Å². The minimum atomic E-state index is 0. The Morgan fingerprint density at radius 2 is 0.875 bits per heavy atom. The Morgan fingerprint density at radius 3 is 1.06 bits per heavy atom. The Kier molecular flexibility index (Phi) is 33.1. The summed E-state index contributed by atoms with van der Waals surface area (Å²) in [5.41, 5.74) is 0. The average Bonchev–Trinajstić information content (AvgIpc) is 2.17. The smallest absolute Gasteiger partial charge is 0.0770 e. The number of hydrogen-bond donors (Lipinski definition) is 2. The van der Waals surface area contributed by atoms with Gasteiger partial charge in [-0.05, 0) is 19.3 Å². The van der Waals surface area contributed by atoms with Crippen LogP contribution in [0.25, 0.3) is 0 Å². The summed E-state index contributed by atoms with van der Waals surface area (Å²) in [6.07, 6.45) is 8.26.